The first kappa shape index (κ1) is 14.6. The molecule has 0 aliphatic carbocycles. The number of nitrogens with one attached hydrogen (secondary N) is 2. The molecule has 0 saturated carbocycles. The van der Waals surface area contributed by atoms with Crippen LogP contribution in [0.4, 0.5) is 5.69 Å². The number of carbonyl (C=O) groups is 1. The molecule has 6 heteroatoms. The van der Waals surface area contributed by atoms with Gasteiger partial charge in [0.05, 0.1) is 17.3 Å². The number of carbonyl (C=O) groups excluding carboxylic acids is 1. The second kappa shape index (κ2) is 6.57. The van der Waals surface area contributed by atoms with E-state index in [9.17, 15) is 4.79 Å². The first-order valence-electron chi connectivity index (χ1n) is 6.25. The molecule has 1 fully saturated rings. The highest BCUT2D eigenvalue weighted by Gasteiger charge is 2.18. The summed E-state index contributed by atoms with van der Waals surface area (Å²) in [5.74, 6) is -0.0710. The topological polar surface area (TPSA) is 44.4 Å². The zero-order valence-electron chi connectivity index (χ0n) is 10.7. The Labute approximate surface area is 123 Å². The lowest BCUT2D eigenvalue weighted by Crippen LogP contribution is -2.51. The van der Waals surface area contributed by atoms with E-state index in [-0.39, 0.29) is 5.91 Å². The van der Waals surface area contributed by atoms with Crippen LogP contribution in [0.3, 0.4) is 0 Å². The van der Waals surface area contributed by atoms with Gasteiger partial charge in [-0.05, 0) is 25.1 Å². The van der Waals surface area contributed by atoms with Crippen molar-refractivity contribution in [2.45, 2.75) is 13.0 Å². The van der Waals surface area contributed by atoms with E-state index in [0.29, 0.717) is 28.3 Å². The monoisotopic (exact) mass is 301 g/mol. The molecular weight excluding hydrogens is 285 g/mol. The molecule has 1 heterocycles. The average Bonchev–Trinajstić information content (AvgIpc) is 2.34. The van der Waals surface area contributed by atoms with Crippen LogP contribution in [0.5, 0.6) is 0 Å². The van der Waals surface area contributed by atoms with Crippen molar-refractivity contribution in [3.05, 3.63) is 28.2 Å². The molecule has 0 bridgehead atoms. The van der Waals surface area contributed by atoms with E-state index < -0.39 is 0 Å². The first-order chi connectivity index (χ1) is 9.04. The Balaban J connectivity index is 1.92. The molecule has 19 heavy (non-hydrogen) atoms. The Morgan fingerprint density at radius 1 is 1.53 bits per heavy atom. The van der Waals surface area contributed by atoms with Gasteiger partial charge in [0.15, 0.2) is 0 Å². The van der Waals surface area contributed by atoms with E-state index in [4.69, 9.17) is 23.2 Å². The summed E-state index contributed by atoms with van der Waals surface area (Å²) in [6.45, 7) is 5.14. The molecule has 1 saturated heterocycles. The molecule has 0 unspecified atom stereocenters. The third-order valence-corrected chi connectivity index (χ3v) is 3.59. The molecule has 0 spiro atoms. The summed E-state index contributed by atoms with van der Waals surface area (Å²) in [5.41, 5.74) is 0.558. The van der Waals surface area contributed by atoms with Crippen molar-refractivity contribution in [1.82, 2.24) is 10.2 Å². The van der Waals surface area contributed by atoms with Crippen LogP contribution in [-0.2, 0) is 4.79 Å². The Hall–Kier alpha value is -0.810. The third-order valence-electron chi connectivity index (χ3n) is 3.02. The molecular formula is C13H17Cl2N3O. The van der Waals surface area contributed by atoms with Crippen LogP contribution in [0.1, 0.15) is 6.92 Å². The van der Waals surface area contributed by atoms with Crippen LogP contribution < -0.4 is 10.6 Å². The van der Waals surface area contributed by atoms with Gasteiger partial charge in [-0.15, -0.1) is 0 Å². The minimum absolute atomic E-state index is 0.0710. The van der Waals surface area contributed by atoms with E-state index >= 15 is 0 Å². The molecule has 1 aliphatic heterocycles. The van der Waals surface area contributed by atoms with Gasteiger partial charge in [-0.2, -0.15) is 0 Å². The maximum atomic E-state index is 12.0. The minimum Gasteiger partial charge on any atom is -0.324 e. The van der Waals surface area contributed by atoms with E-state index in [1.807, 2.05) is 0 Å². The molecule has 0 aromatic heterocycles. The van der Waals surface area contributed by atoms with Crippen LogP contribution in [0.15, 0.2) is 18.2 Å². The molecule has 4 nitrogen and oxygen atoms in total. The summed E-state index contributed by atoms with van der Waals surface area (Å²) in [6.07, 6.45) is 0. The number of piperazine rings is 1. The molecule has 104 valence electrons. The van der Waals surface area contributed by atoms with Gasteiger partial charge in [-0.3, -0.25) is 9.69 Å². The molecule has 1 aliphatic rings. The van der Waals surface area contributed by atoms with Gasteiger partial charge in [0.1, 0.15) is 0 Å². The van der Waals surface area contributed by atoms with Gasteiger partial charge >= 0.3 is 0 Å². The van der Waals surface area contributed by atoms with Crippen molar-refractivity contribution in [3.63, 3.8) is 0 Å². The summed E-state index contributed by atoms with van der Waals surface area (Å²) < 4.78 is 0. The van der Waals surface area contributed by atoms with Crippen LogP contribution >= 0.6 is 23.2 Å². The number of hydrogen-bond donors (Lipinski definition) is 2. The van der Waals surface area contributed by atoms with Crippen molar-refractivity contribution in [1.29, 1.82) is 0 Å². The lowest BCUT2D eigenvalue weighted by molar-refractivity contribution is -0.117. The zero-order chi connectivity index (χ0) is 13.8. The fourth-order valence-corrected chi connectivity index (χ4v) is 2.48. The maximum absolute atomic E-state index is 12.0. The normalized spacial score (nSPS) is 20.3. The summed E-state index contributed by atoms with van der Waals surface area (Å²) in [6, 6.07) is 5.43. The highest BCUT2D eigenvalue weighted by atomic mass is 35.5. The number of benzene rings is 1. The number of anilines is 1. The number of hydrogen-bond acceptors (Lipinski definition) is 3. The highest BCUT2D eigenvalue weighted by molar-refractivity contribution is 6.35. The molecule has 1 aromatic carbocycles. The second-order valence-corrected chi connectivity index (χ2v) is 5.61. The van der Waals surface area contributed by atoms with E-state index in [1.54, 1.807) is 18.2 Å². The Kier molecular flexibility index (Phi) is 5.05. The van der Waals surface area contributed by atoms with Gasteiger partial charge in [0, 0.05) is 30.7 Å². The lowest BCUT2D eigenvalue weighted by Gasteiger charge is -2.31. The summed E-state index contributed by atoms with van der Waals surface area (Å²) in [5, 5.41) is 7.18. The largest absolute Gasteiger partial charge is 0.324 e. The molecule has 1 amide bonds. The fourth-order valence-electron chi connectivity index (χ4n) is 2.14. The van der Waals surface area contributed by atoms with Gasteiger partial charge in [-0.25, -0.2) is 0 Å². The molecule has 0 radical (unpaired) electrons. The molecule has 1 aromatic rings. The predicted octanol–water partition coefficient (Wildman–Crippen LogP) is 2.23. The quantitative estimate of drug-likeness (QED) is 0.900. The van der Waals surface area contributed by atoms with Gasteiger partial charge in [0.25, 0.3) is 0 Å². The minimum atomic E-state index is -0.0710. The third kappa shape index (κ3) is 4.35. The van der Waals surface area contributed by atoms with Crippen molar-refractivity contribution >= 4 is 34.8 Å². The smallest absolute Gasteiger partial charge is 0.238 e. The van der Waals surface area contributed by atoms with Crippen molar-refractivity contribution < 1.29 is 4.79 Å². The molecule has 2 rings (SSSR count). The average molecular weight is 302 g/mol. The second-order valence-electron chi connectivity index (χ2n) is 4.76. The number of rotatable bonds is 3. The van der Waals surface area contributed by atoms with Crippen molar-refractivity contribution in [3.8, 4) is 0 Å². The number of nitrogens with zero attached hydrogens (tertiary/aromatic N) is 1. The Morgan fingerprint density at radius 3 is 3.05 bits per heavy atom. The maximum Gasteiger partial charge on any atom is 0.238 e. The molecule has 2 N–H and O–H groups in total. The van der Waals surface area contributed by atoms with Crippen molar-refractivity contribution in [2.24, 2.45) is 0 Å². The Morgan fingerprint density at radius 2 is 2.32 bits per heavy atom. The van der Waals surface area contributed by atoms with Gasteiger partial charge in [-0.1, -0.05) is 23.2 Å². The fraction of sp³-hybridized carbons (Fsp3) is 0.462. The standard InChI is InChI=1S/C13H17Cl2N3O/c1-9-7-18(5-4-16-9)8-13(19)17-12-6-10(14)2-3-11(12)15/h2-3,6,9,16H,4-5,7-8H2,1H3,(H,17,19)/t9-/m1/s1. The van der Waals surface area contributed by atoms with E-state index in [2.05, 4.69) is 22.5 Å². The lowest BCUT2D eigenvalue weighted by atomic mass is 10.2. The van der Waals surface area contributed by atoms with Crippen molar-refractivity contribution in [2.75, 3.05) is 31.5 Å². The highest BCUT2D eigenvalue weighted by Crippen LogP contribution is 2.25. The summed E-state index contributed by atoms with van der Waals surface area (Å²) >= 11 is 11.9. The summed E-state index contributed by atoms with van der Waals surface area (Å²) in [4.78, 5) is 14.1. The Bertz CT molecular complexity index is 467. The summed E-state index contributed by atoms with van der Waals surface area (Å²) in [7, 11) is 0. The van der Waals surface area contributed by atoms with Crippen LogP contribution in [-0.4, -0.2) is 43.0 Å². The first-order valence-corrected chi connectivity index (χ1v) is 7.01. The van der Waals surface area contributed by atoms with Crippen LogP contribution in [0.2, 0.25) is 10.0 Å². The zero-order valence-corrected chi connectivity index (χ0v) is 12.3. The SMILES string of the molecule is C[C@@H]1CN(CC(=O)Nc2cc(Cl)ccc2Cl)CCN1. The molecule has 1 atom stereocenters. The van der Waals surface area contributed by atoms with Crippen LogP contribution in [0.25, 0.3) is 0 Å². The number of halogens is 2. The van der Waals surface area contributed by atoms with Crippen LogP contribution in [0, 0.1) is 0 Å². The van der Waals surface area contributed by atoms with Gasteiger partial charge < -0.3 is 10.6 Å². The number of amides is 1. The van der Waals surface area contributed by atoms with E-state index in [1.165, 1.54) is 0 Å². The van der Waals surface area contributed by atoms with E-state index in [0.717, 1.165) is 19.6 Å². The predicted molar refractivity (Wildman–Crippen MR) is 79.0 cm³/mol. The van der Waals surface area contributed by atoms with Gasteiger partial charge in [0.2, 0.25) is 5.91 Å².